The molecule has 2 aliphatic rings. The van der Waals surface area contributed by atoms with Crippen molar-refractivity contribution in [2.45, 2.75) is 66.5 Å². The lowest BCUT2D eigenvalue weighted by Gasteiger charge is -2.32. The highest BCUT2D eigenvalue weighted by molar-refractivity contribution is 5.83. The number of carbonyl (C=O) groups excluding carboxylic acids is 1. The molecular formula is C33H34FN2O3+. The van der Waals surface area contributed by atoms with E-state index in [4.69, 9.17) is 6.42 Å². The van der Waals surface area contributed by atoms with Gasteiger partial charge >= 0.3 is 11.9 Å². The van der Waals surface area contributed by atoms with Gasteiger partial charge in [0.15, 0.2) is 11.7 Å². The third-order valence-corrected chi connectivity index (χ3v) is 7.39. The van der Waals surface area contributed by atoms with Crippen LogP contribution in [0.25, 0.3) is 11.1 Å². The molecule has 0 unspecified atom stereocenters. The number of terminal acetylenes is 1. The lowest BCUT2D eigenvalue weighted by atomic mass is 9.86. The molecular weight excluding hydrogens is 491 g/mol. The van der Waals surface area contributed by atoms with Crippen LogP contribution in [0.3, 0.4) is 0 Å². The maximum Gasteiger partial charge on any atom is 0.419 e. The van der Waals surface area contributed by atoms with Gasteiger partial charge in [-0.2, -0.15) is 0 Å². The molecule has 0 saturated heterocycles. The van der Waals surface area contributed by atoms with E-state index in [0.717, 1.165) is 22.3 Å². The van der Waals surface area contributed by atoms with Crippen LogP contribution >= 0.6 is 0 Å². The fraction of sp³-hybridized carbons (Fsp3) is 0.333. The number of fused-ring (bicyclic) bond motifs is 1. The molecule has 200 valence electrons. The maximum atomic E-state index is 16.1. The van der Waals surface area contributed by atoms with Crippen molar-refractivity contribution in [3.8, 4) is 23.5 Å². The van der Waals surface area contributed by atoms with Crippen LogP contribution in [-0.4, -0.2) is 38.4 Å². The van der Waals surface area contributed by atoms with Gasteiger partial charge in [-0.25, -0.2) is 9.18 Å². The molecule has 2 heterocycles. The third kappa shape index (κ3) is 5.24. The summed E-state index contributed by atoms with van der Waals surface area (Å²) in [7, 11) is 0. The monoisotopic (exact) mass is 525 g/mol. The van der Waals surface area contributed by atoms with Gasteiger partial charge in [-0.05, 0) is 86.1 Å². The Kier molecular flexibility index (Phi) is 7.77. The number of amides is 1. The zero-order valence-corrected chi connectivity index (χ0v) is 23.3. The van der Waals surface area contributed by atoms with Gasteiger partial charge in [-0.3, -0.25) is 4.79 Å². The largest absolute Gasteiger partial charge is 0.481 e. The lowest BCUT2D eigenvalue weighted by molar-refractivity contribution is -0.493. The molecule has 2 aromatic carbocycles. The molecule has 39 heavy (non-hydrogen) atoms. The highest BCUT2D eigenvalue weighted by Crippen LogP contribution is 2.38. The number of carbonyl (C=O) groups is 2. The number of aryl methyl sites for hydroxylation is 2. The van der Waals surface area contributed by atoms with Crippen molar-refractivity contribution in [3.05, 3.63) is 87.5 Å². The summed E-state index contributed by atoms with van der Waals surface area (Å²) >= 11 is 0. The molecule has 0 aromatic heterocycles. The number of hydrogen-bond acceptors (Lipinski definition) is 3. The van der Waals surface area contributed by atoms with Gasteiger partial charge in [0, 0.05) is 17.3 Å². The lowest BCUT2D eigenvalue weighted by Crippen LogP contribution is -2.48. The van der Waals surface area contributed by atoms with Crippen LogP contribution in [0.5, 0.6) is 0 Å². The van der Waals surface area contributed by atoms with Gasteiger partial charge in [0.05, 0.1) is 5.56 Å². The van der Waals surface area contributed by atoms with Crippen molar-refractivity contribution in [2.75, 3.05) is 0 Å². The number of halogens is 1. The molecule has 1 amide bonds. The number of carboxylic acid groups (broad SMARTS) is 1. The fourth-order valence-electron chi connectivity index (χ4n) is 5.52. The molecule has 5 nitrogen and oxygen atoms in total. The number of allylic oxidation sites excluding steroid dienone is 3. The van der Waals surface area contributed by atoms with E-state index in [1.54, 1.807) is 13.0 Å². The zero-order chi connectivity index (χ0) is 28.6. The molecule has 2 atom stereocenters. The first-order valence-corrected chi connectivity index (χ1v) is 13.1. The topological polar surface area (TPSA) is 60.6 Å². The maximum absolute atomic E-state index is 16.1. The summed E-state index contributed by atoms with van der Waals surface area (Å²) in [6, 6.07) is 5.80. The standard InChI is InChI=1S/C33H33FN2O3/c1-8-25-23(7)32(34)27(16-26(25)31-21(5)10-9-11-22(31)6)28(17-30(37)38)36-18-24-15-20(4)12-13-35(24)29(33(36)39)14-19(2)3/h1,9-13,15-16,19,28-29H,14,17H2,2-7H3/p+1/t28-,29-/m1/s1. The smallest absolute Gasteiger partial charge is 0.419 e. The van der Waals surface area contributed by atoms with Crippen LogP contribution in [0, 0.1) is 44.9 Å². The Bertz CT molecular complexity index is 1530. The van der Waals surface area contributed by atoms with Crippen LogP contribution in [0.4, 0.5) is 4.39 Å². The van der Waals surface area contributed by atoms with Crippen LogP contribution in [-0.2, 0) is 9.59 Å². The SMILES string of the molecule is C#Cc1c(-c2c(C)cccc2C)cc([C@@H](CC(=O)O)[N+]2=C=C3C=C(C)C=CN3[C@H](CC(C)C)C2=O)c(F)c1C. The van der Waals surface area contributed by atoms with E-state index >= 15 is 4.39 Å². The first-order chi connectivity index (χ1) is 18.4. The van der Waals surface area contributed by atoms with Crippen molar-refractivity contribution in [3.63, 3.8) is 0 Å². The molecule has 0 aliphatic carbocycles. The van der Waals surface area contributed by atoms with E-state index in [1.807, 2.05) is 76.1 Å². The van der Waals surface area contributed by atoms with E-state index in [9.17, 15) is 14.7 Å². The minimum absolute atomic E-state index is 0.108. The molecule has 2 aromatic rings. The second-order valence-corrected chi connectivity index (χ2v) is 10.8. The summed E-state index contributed by atoms with van der Waals surface area (Å²) in [5.74, 6) is 3.90. The predicted molar refractivity (Wildman–Crippen MR) is 151 cm³/mol. The molecule has 0 fully saturated rings. The number of benzene rings is 2. The van der Waals surface area contributed by atoms with Crippen molar-refractivity contribution in [1.82, 2.24) is 4.90 Å². The Morgan fingerprint density at radius 2 is 1.90 bits per heavy atom. The van der Waals surface area contributed by atoms with Gasteiger partial charge in [-0.1, -0.05) is 38.0 Å². The fourth-order valence-corrected chi connectivity index (χ4v) is 5.52. The Morgan fingerprint density at radius 1 is 1.23 bits per heavy atom. The van der Waals surface area contributed by atoms with Crippen molar-refractivity contribution < 1.29 is 23.7 Å². The van der Waals surface area contributed by atoms with Gasteiger partial charge in [0.25, 0.3) is 0 Å². The first-order valence-electron chi connectivity index (χ1n) is 13.1. The number of rotatable bonds is 7. The van der Waals surface area contributed by atoms with Crippen LogP contribution in [0.2, 0.25) is 0 Å². The van der Waals surface area contributed by atoms with Crippen LogP contribution in [0.15, 0.2) is 53.9 Å². The van der Waals surface area contributed by atoms with Gasteiger partial charge in [0.2, 0.25) is 11.9 Å². The Balaban J connectivity index is 2.03. The summed E-state index contributed by atoms with van der Waals surface area (Å²) in [5, 5.41) is 9.92. The quantitative estimate of drug-likeness (QED) is 0.345. The molecule has 0 spiro atoms. The molecule has 0 saturated carbocycles. The van der Waals surface area contributed by atoms with Crippen LogP contribution < -0.4 is 0 Å². The Labute approximate surface area is 229 Å². The first kappa shape index (κ1) is 27.8. The Morgan fingerprint density at radius 3 is 2.49 bits per heavy atom. The molecule has 6 heteroatoms. The van der Waals surface area contributed by atoms with Crippen molar-refractivity contribution in [1.29, 1.82) is 0 Å². The van der Waals surface area contributed by atoms with E-state index in [2.05, 4.69) is 11.8 Å². The minimum atomic E-state index is -1.15. The summed E-state index contributed by atoms with van der Waals surface area (Å²) in [4.78, 5) is 28.0. The minimum Gasteiger partial charge on any atom is -0.481 e. The molecule has 4 rings (SSSR count). The molecule has 0 radical (unpaired) electrons. The van der Waals surface area contributed by atoms with Crippen LogP contribution in [0.1, 0.15) is 67.5 Å². The summed E-state index contributed by atoms with van der Waals surface area (Å²) in [6.07, 6.45) is 11.6. The number of nitrogens with zero attached hydrogens (tertiary/aromatic N) is 2. The normalized spacial score (nSPS) is 17.3. The van der Waals surface area contributed by atoms with Gasteiger partial charge < -0.3 is 10.0 Å². The number of aliphatic carboxylic acids is 1. The van der Waals surface area contributed by atoms with E-state index < -0.39 is 30.3 Å². The molecule has 2 aliphatic heterocycles. The average Bonchev–Trinajstić information content (AvgIpc) is 2.86. The van der Waals surface area contributed by atoms with Gasteiger partial charge in [-0.15, -0.1) is 11.0 Å². The third-order valence-electron chi connectivity index (χ3n) is 7.39. The second kappa shape index (κ2) is 10.9. The van der Waals surface area contributed by atoms with Crippen molar-refractivity contribution >= 4 is 17.7 Å². The van der Waals surface area contributed by atoms with Gasteiger partial charge in [0.1, 0.15) is 12.2 Å². The predicted octanol–water partition coefficient (Wildman–Crippen LogP) is 6.21. The highest BCUT2D eigenvalue weighted by atomic mass is 19.1. The molecule has 1 N–H and O–H groups in total. The zero-order valence-electron chi connectivity index (χ0n) is 23.3. The number of hydrogen-bond donors (Lipinski definition) is 1. The average molecular weight is 526 g/mol. The summed E-state index contributed by atoms with van der Waals surface area (Å²) in [5.41, 5.74) is 5.82. The second-order valence-electron chi connectivity index (χ2n) is 10.8. The Hall–Kier alpha value is -4.20. The number of carboxylic acids is 1. The van der Waals surface area contributed by atoms with E-state index in [0.29, 0.717) is 23.2 Å². The van der Waals surface area contributed by atoms with Crippen molar-refractivity contribution in [2.24, 2.45) is 5.92 Å². The van der Waals surface area contributed by atoms with E-state index in [1.165, 1.54) is 4.58 Å². The van der Waals surface area contributed by atoms with E-state index in [-0.39, 0.29) is 23.0 Å². The summed E-state index contributed by atoms with van der Waals surface area (Å²) < 4.78 is 17.4. The highest BCUT2D eigenvalue weighted by Gasteiger charge is 2.45. The molecule has 0 bridgehead atoms. The summed E-state index contributed by atoms with van der Waals surface area (Å²) in [6.45, 7) is 11.5.